The predicted molar refractivity (Wildman–Crippen MR) is 65.8 cm³/mol. The normalized spacial score (nSPS) is 13.1. The lowest BCUT2D eigenvalue weighted by molar-refractivity contribution is 0.101. The molecule has 78 valence electrons. The van der Waals surface area contributed by atoms with Gasteiger partial charge in [0.25, 0.3) is 0 Å². The Morgan fingerprint density at radius 3 is 2.94 bits per heavy atom. The molecule has 0 spiro atoms. The first-order valence-electron chi connectivity index (χ1n) is 5.35. The summed E-state index contributed by atoms with van der Waals surface area (Å²) in [5.41, 5.74) is 3.02. The number of benzene rings is 2. The third-order valence-electron chi connectivity index (χ3n) is 3.03. The molecule has 2 nitrogen and oxygen atoms in total. The maximum Gasteiger partial charge on any atom is 0.160 e. The van der Waals surface area contributed by atoms with Crippen molar-refractivity contribution >= 4 is 28.5 Å². The van der Waals surface area contributed by atoms with Crippen molar-refractivity contribution in [3.05, 3.63) is 41.5 Å². The van der Waals surface area contributed by atoms with Gasteiger partial charge in [-0.05, 0) is 23.9 Å². The van der Waals surface area contributed by atoms with Crippen LogP contribution in [0.25, 0.3) is 10.8 Å². The summed E-state index contributed by atoms with van der Waals surface area (Å²) < 4.78 is 0. The van der Waals surface area contributed by atoms with Crippen LogP contribution in [0.4, 0.5) is 5.69 Å². The van der Waals surface area contributed by atoms with Gasteiger partial charge in [-0.3, -0.25) is 9.79 Å². The zero-order chi connectivity index (χ0) is 11.1. The maximum absolute atomic E-state index is 11.5. The molecule has 0 amide bonds. The molecular formula is C14H11NO. The van der Waals surface area contributed by atoms with Gasteiger partial charge in [-0.2, -0.15) is 0 Å². The van der Waals surface area contributed by atoms with E-state index in [9.17, 15) is 4.79 Å². The molecule has 2 aromatic carbocycles. The fourth-order valence-electron chi connectivity index (χ4n) is 2.29. The Labute approximate surface area is 93.6 Å². The van der Waals surface area contributed by atoms with Crippen molar-refractivity contribution in [3.8, 4) is 0 Å². The fourth-order valence-corrected chi connectivity index (χ4v) is 2.29. The van der Waals surface area contributed by atoms with Gasteiger partial charge in [0.1, 0.15) is 0 Å². The van der Waals surface area contributed by atoms with Gasteiger partial charge >= 0.3 is 0 Å². The van der Waals surface area contributed by atoms with Crippen LogP contribution < -0.4 is 0 Å². The van der Waals surface area contributed by atoms with Crippen LogP contribution in [-0.4, -0.2) is 12.0 Å². The molecule has 2 heteroatoms. The average molecular weight is 209 g/mol. The molecule has 0 aromatic heterocycles. The lowest BCUT2D eigenvalue weighted by Gasteiger charge is -2.13. The molecule has 0 aliphatic carbocycles. The van der Waals surface area contributed by atoms with Crippen molar-refractivity contribution in [2.45, 2.75) is 13.3 Å². The number of hydrogen-bond acceptors (Lipinski definition) is 2. The monoisotopic (exact) mass is 209 g/mol. The molecule has 0 unspecified atom stereocenters. The van der Waals surface area contributed by atoms with Crippen LogP contribution in [0, 0.1) is 0 Å². The first kappa shape index (κ1) is 9.28. The molecule has 0 saturated heterocycles. The summed E-state index contributed by atoms with van der Waals surface area (Å²) in [6.07, 6.45) is 2.77. The van der Waals surface area contributed by atoms with Crippen LogP contribution in [0.1, 0.15) is 22.8 Å². The Morgan fingerprint density at radius 2 is 2.12 bits per heavy atom. The van der Waals surface area contributed by atoms with Crippen molar-refractivity contribution in [1.29, 1.82) is 0 Å². The molecule has 1 heterocycles. The fraction of sp³-hybridized carbons (Fsp3) is 0.143. The predicted octanol–water partition coefficient (Wildman–Crippen LogP) is 3.30. The Balaban J connectivity index is 2.49. The van der Waals surface area contributed by atoms with Gasteiger partial charge in [0.2, 0.25) is 0 Å². The Hall–Kier alpha value is -1.96. The summed E-state index contributed by atoms with van der Waals surface area (Å²) in [6.45, 7) is 1.61. The van der Waals surface area contributed by atoms with Gasteiger partial charge in [-0.25, -0.2) is 0 Å². The highest BCUT2D eigenvalue weighted by Gasteiger charge is 2.13. The van der Waals surface area contributed by atoms with Crippen molar-refractivity contribution < 1.29 is 4.79 Å². The van der Waals surface area contributed by atoms with E-state index in [0.29, 0.717) is 0 Å². The van der Waals surface area contributed by atoms with E-state index in [-0.39, 0.29) is 5.78 Å². The number of Topliss-reactive ketones (excluding diaryl/α,β-unsaturated/α-hetero) is 1. The van der Waals surface area contributed by atoms with E-state index in [1.165, 1.54) is 5.56 Å². The van der Waals surface area contributed by atoms with Crippen LogP contribution in [0.5, 0.6) is 0 Å². The molecule has 0 fully saturated rings. The molecule has 0 saturated carbocycles. The lowest BCUT2D eigenvalue weighted by Crippen LogP contribution is -1.99. The Morgan fingerprint density at radius 1 is 1.25 bits per heavy atom. The topological polar surface area (TPSA) is 29.4 Å². The summed E-state index contributed by atoms with van der Waals surface area (Å²) in [5.74, 6) is 0.109. The van der Waals surface area contributed by atoms with Gasteiger partial charge in [0, 0.05) is 23.6 Å². The summed E-state index contributed by atoms with van der Waals surface area (Å²) in [6, 6.07) is 9.90. The molecule has 3 rings (SSSR count). The summed E-state index contributed by atoms with van der Waals surface area (Å²) in [5, 5.41) is 2.16. The minimum Gasteiger partial charge on any atom is -0.294 e. The number of carbonyl (C=O) groups is 1. The second-order valence-corrected chi connectivity index (χ2v) is 4.04. The zero-order valence-electron chi connectivity index (χ0n) is 9.03. The second kappa shape index (κ2) is 3.27. The molecule has 0 atom stereocenters. The van der Waals surface area contributed by atoms with Gasteiger partial charge < -0.3 is 0 Å². The van der Waals surface area contributed by atoms with Crippen molar-refractivity contribution in [3.63, 3.8) is 0 Å². The molecule has 1 aliphatic rings. The first-order valence-corrected chi connectivity index (χ1v) is 5.35. The summed E-state index contributed by atoms with van der Waals surface area (Å²) in [7, 11) is 0. The number of nitrogens with zero attached hydrogens (tertiary/aromatic N) is 1. The standard InChI is InChI=1S/C14H11NO/c1-9(16)11-6-5-10-7-8-15-13-4-2-3-12(11)14(10)13/h2-6,8H,7H2,1H3. The molecule has 0 radical (unpaired) electrons. The first-order chi connectivity index (χ1) is 7.77. The van der Waals surface area contributed by atoms with E-state index >= 15 is 0 Å². The van der Waals surface area contributed by atoms with Crippen molar-refractivity contribution in [2.75, 3.05) is 0 Å². The highest BCUT2D eigenvalue weighted by molar-refractivity contribution is 6.11. The Bertz CT molecular complexity index is 626. The molecule has 0 bridgehead atoms. The number of carbonyl (C=O) groups excluding carboxylic acids is 1. The largest absolute Gasteiger partial charge is 0.294 e. The number of hydrogen-bond donors (Lipinski definition) is 0. The third kappa shape index (κ3) is 1.20. The minimum atomic E-state index is 0.109. The average Bonchev–Trinajstić information content (AvgIpc) is 2.30. The van der Waals surface area contributed by atoms with Gasteiger partial charge in [-0.1, -0.05) is 24.3 Å². The van der Waals surface area contributed by atoms with Gasteiger partial charge in [0.15, 0.2) is 5.78 Å². The highest BCUT2D eigenvalue weighted by atomic mass is 16.1. The summed E-state index contributed by atoms with van der Waals surface area (Å²) in [4.78, 5) is 15.9. The molecule has 16 heavy (non-hydrogen) atoms. The number of ketones is 1. The molecule has 0 N–H and O–H groups in total. The minimum absolute atomic E-state index is 0.109. The second-order valence-electron chi connectivity index (χ2n) is 4.04. The lowest BCUT2D eigenvalue weighted by atomic mass is 9.94. The number of rotatable bonds is 1. The molecular weight excluding hydrogens is 198 g/mol. The van der Waals surface area contributed by atoms with Crippen LogP contribution in [0.3, 0.4) is 0 Å². The van der Waals surface area contributed by atoms with E-state index in [4.69, 9.17) is 0 Å². The van der Waals surface area contributed by atoms with Gasteiger partial charge in [0.05, 0.1) is 5.69 Å². The molecule has 1 aliphatic heterocycles. The summed E-state index contributed by atoms with van der Waals surface area (Å²) >= 11 is 0. The van der Waals surface area contributed by atoms with E-state index < -0.39 is 0 Å². The van der Waals surface area contributed by atoms with Gasteiger partial charge in [-0.15, -0.1) is 0 Å². The highest BCUT2D eigenvalue weighted by Crippen LogP contribution is 2.33. The van der Waals surface area contributed by atoms with Crippen molar-refractivity contribution in [2.24, 2.45) is 4.99 Å². The van der Waals surface area contributed by atoms with E-state index in [0.717, 1.165) is 28.4 Å². The smallest absolute Gasteiger partial charge is 0.160 e. The van der Waals surface area contributed by atoms with Crippen LogP contribution >= 0.6 is 0 Å². The SMILES string of the molecule is CC(=O)c1ccc2c3c(cccc13)N=CC2. The quantitative estimate of drug-likeness (QED) is 0.662. The van der Waals surface area contributed by atoms with E-state index in [1.54, 1.807) is 6.92 Å². The Kier molecular flexibility index (Phi) is 1.90. The van der Waals surface area contributed by atoms with E-state index in [1.807, 2.05) is 36.5 Å². The van der Waals surface area contributed by atoms with Crippen LogP contribution in [0.2, 0.25) is 0 Å². The van der Waals surface area contributed by atoms with Crippen LogP contribution in [-0.2, 0) is 6.42 Å². The van der Waals surface area contributed by atoms with Crippen LogP contribution in [0.15, 0.2) is 35.3 Å². The zero-order valence-corrected chi connectivity index (χ0v) is 9.03. The molecule has 2 aromatic rings. The van der Waals surface area contributed by atoms with Crippen molar-refractivity contribution in [1.82, 2.24) is 0 Å². The third-order valence-corrected chi connectivity index (χ3v) is 3.03. The van der Waals surface area contributed by atoms with E-state index in [2.05, 4.69) is 4.99 Å². The number of aliphatic imine (C=N–C) groups is 1. The maximum atomic E-state index is 11.5.